The smallest absolute Gasteiger partial charge is 0.407 e. The van der Waals surface area contributed by atoms with Crippen molar-refractivity contribution in [2.75, 3.05) is 33.2 Å². The molecule has 0 fully saturated rings. The van der Waals surface area contributed by atoms with Crippen LogP contribution in [0.5, 0.6) is 0 Å². The Balaban J connectivity index is 0.00000576. The van der Waals surface area contributed by atoms with Crippen molar-refractivity contribution in [1.82, 2.24) is 15.5 Å². The standard InChI is InChI=1S/C17H30N4O2S.HI/c1-6-18-15(21(5)12-9-14-8-7-13-24-14)19-10-11-20-16(22)23-17(2,3)4;/h7-8,13H,6,9-12H2,1-5H3,(H,18,19)(H,20,22);1H. The molecule has 8 heteroatoms. The molecule has 0 spiro atoms. The molecule has 1 heterocycles. The number of hydrogen-bond donors (Lipinski definition) is 2. The number of likely N-dealkylation sites (N-methyl/N-ethyl adjacent to an activating group) is 1. The van der Waals surface area contributed by atoms with E-state index in [0.29, 0.717) is 13.1 Å². The molecule has 2 N–H and O–H groups in total. The van der Waals surface area contributed by atoms with Crippen molar-refractivity contribution >= 4 is 47.4 Å². The van der Waals surface area contributed by atoms with E-state index in [0.717, 1.165) is 25.5 Å². The summed E-state index contributed by atoms with van der Waals surface area (Å²) in [6.07, 6.45) is 0.586. The highest BCUT2D eigenvalue weighted by molar-refractivity contribution is 14.0. The molecule has 1 aromatic rings. The molecule has 144 valence electrons. The van der Waals surface area contributed by atoms with Crippen molar-refractivity contribution in [3.8, 4) is 0 Å². The Labute approximate surface area is 172 Å². The minimum Gasteiger partial charge on any atom is -0.444 e. The zero-order valence-electron chi connectivity index (χ0n) is 15.8. The average Bonchev–Trinajstić information content (AvgIpc) is 2.99. The number of nitrogens with zero attached hydrogens (tertiary/aromatic N) is 2. The summed E-state index contributed by atoms with van der Waals surface area (Å²) in [7, 11) is 2.02. The Morgan fingerprint density at radius 3 is 2.64 bits per heavy atom. The van der Waals surface area contributed by atoms with E-state index in [2.05, 4.69) is 38.0 Å². The maximum absolute atomic E-state index is 11.6. The van der Waals surface area contributed by atoms with Crippen LogP contribution >= 0.6 is 35.3 Å². The minimum atomic E-state index is -0.482. The van der Waals surface area contributed by atoms with E-state index in [9.17, 15) is 4.79 Å². The van der Waals surface area contributed by atoms with E-state index in [-0.39, 0.29) is 24.0 Å². The summed E-state index contributed by atoms with van der Waals surface area (Å²) in [5, 5.41) is 8.09. The van der Waals surface area contributed by atoms with Gasteiger partial charge in [-0.25, -0.2) is 4.79 Å². The SMILES string of the molecule is CCNC(=NCCNC(=O)OC(C)(C)C)N(C)CCc1cccs1.I. The first-order valence-electron chi connectivity index (χ1n) is 8.30. The fourth-order valence-corrected chi connectivity index (χ4v) is 2.64. The fraction of sp³-hybridized carbons (Fsp3) is 0.647. The van der Waals surface area contributed by atoms with Crippen LogP contribution < -0.4 is 10.6 Å². The van der Waals surface area contributed by atoms with Crippen molar-refractivity contribution in [3.05, 3.63) is 22.4 Å². The van der Waals surface area contributed by atoms with Crippen LogP contribution in [0.15, 0.2) is 22.5 Å². The number of alkyl carbamates (subject to hydrolysis) is 1. The van der Waals surface area contributed by atoms with Crippen molar-refractivity contribution < 1.29 is 9.53 Å². The lowest BCUT2D eigenvalue weighted by atomic mass is 10.2. The molecule has 0 aliphatic heterocycles. The number of amides is 1. The van der Waals surface area contributed by atoms with Crippen molar-refractivity contribution in [2.45, 2.75) is 39.7 Å². The first kappa shape index (κ1) is 24.0. The quantitative estimate of drug-likeness (QED) is 0.271. The van der Waals surface area contributed by atoms with Gasteiger partial charge in [0.2, 0.25) is 0 Å². The van der Waals surface area contributed by atoms with Crippen LogP contribution in [0.4, 0.5) is 4.79 Å². The summed E-state index contributed by atoms with van der Waals surface area (Å²) in [4.78, 5) is 19.6. The maximum Gasteiger partial charge on any atom is 0.407 e. The molecule has 0 unspecified atom stereocenters. The predicted molar refractivity (Wildman–Crippen MR) is 116 cm³/mol. The molecule has 0 aromatic carbocycles. The molecule has 0 saturated carbocycles. The molecule has 0 aliphatic carbocycles. The van der Waals surface area contributed by atoms with Gasteiger partial charge in [-0.3, -0.25) is 4.99 Å². The lowest BCUT2D eigenvalue weighted by Crippen LogP contribution is -2.40. The van der Waals surface area contributed by atoms with Gasteiger partial charge in [-0.05, 0) is 45.6 Å². The van der Waals surface area contributed by atoms with Gasteiger partial charge in [0.15, 0.2) is 5.96 Å². The van der Waals surface area contributed by atoms with Gasteiger partial charge in [-0.1, -0.05) is 6.07 Å². The topological polar surface area (TPSA) is 66.0 Å². The van der Waals surface area contributed by atoms with Crippen LogP contribution in [-0.2, 0) is 11.2 Å². The third-order valence-corrected chi connectivity index (χ3v) is 3.95. The number of halogens is 1. The number of ether oxygens (including phenoxy) is 1. The normalized spacial score (nSPS) is 11.5. The Kier molecular flexibility index (Phi) is 11.8. The number of aliphatic imine (C=N–C) groups is 1. The van der Waals surface area contributed by atoms with E-state index < -0.39 is 11.7 Å². The summed E-state index contributed by atoms with van der Waals surface area (Å²) in [6, 6.07) is 4.22. The number of guanidine groups is 1. The average molecular weight is 482 g/mol. The van der Waals surface area contributed by atoms with Crippen molar-refractivity contribution in [2.24, 2.45) is 4.99 Å². The molecule has 0 bridgehead atoms. The summed E-state index contributed by atoms with van der Waals surface area (Å²) in [5.74, 6) is 0.847. The monoisotopic (exact) mass is 482 g/mol. The third kappa shape index (κ3) is 11.2. The van der Waals surface area contributed by atoms with E-state index in [4.69, 9.17) is 4.74 Å². The lowest BCUT2D eigenvalue weighted by Gasteiger charge is -2.22. The minimum absolute atomic E-state index is 0. The molecule has 1 rings (SSSR count). The largest absolute Gasteiger partial charge is 0.444 e. The highest BCUT2D eigenvalue weighted by Crippen LogP contribution is 2.09. The van der Waals surface area contributed by atoms with Crippen LogP contribution in [0.1, 0.15) is 32.6 Å². The van der Waals surface area contributed by atoms with Crippen LogP contribution in [0, 0.1) is 0 Å². The van der Waals surface area contributed by atoms with Crippen LogP contribution in [0.25, 0.3) is 0 Å². The van der Waals surface area contributed by atoms with Gasteiger partial charge in [0, 0.05) is 31.6 Å². The Bertz CT molecular complexity index is 515. The predicted octanol–water partition coefficient (Wildman–Crippen LogP) is 3.33. The molecule has 25 heavy (non-hydrogen) atoms. The molecule has 0 radical (unpaired) electrons. The van der Waals surface area contributed by atoms with Crippen LogP contribution in [-0.4, -0.2) is 55.8 Å². The zero-order chi connectivity index (χ0) is 18.0. The number of carbonyl (C=O) groups excluding carboxylic acids is 1. The Hall–Kier alpha value is -1.03. The van der Waals surface area contributed by atoms with Crippen LogP contribution in [0.2, 0.25) is 0 Å². The molecule has 0 atom stereocenters. The number of nitrogens with one attached hydrogen (secondary N) is 2. The van der Waals surface area contributed by atoms with Gasteiger partial charge in [0.25, 0.3) is 0 Å². The van der Waals surface area contributed by atoms with Crippen molar-refractivity contribution in [1.29, 1.82) is 0 Å². The second kappa shape index (κ2) is 12.3. The van der Waals surface area contributed by atoms with E-state index in [1.807, 2.05) is 34.7 Å². The highest BCUT2D eigenvalue weighted by Gasteiger charge is 2.15. The molecule has 0 saturated heterocycles. The Morgan fingerprint density at radius 2 is 2.08 bits per heavy atom. The number of thiophene rings is 1. The molecular weight excluding hydrogens is 451 g/mol. The van der Waals surface area contributed by atoms with E-state index >= 15 is 0 Å². The maximum atomic E-state index is 11.6. The first-order chi connectivity index (χ1) is 11.3. The molecule has 6 nitrogen and oxygen atoms in total. The summed E-state index contributed by atoms with van der Waals surface area (Å²) in [5.41, 5.74) is -0.482. The summed E-state index contributed by atoms with van der Waals surface area (Å²) in [6.45, 7) is 10.2. The first-order valence-corrected chi connectivity index (χ1v) is 9.18. The highest BCUT2D eigenvalue weighted by atomic mass is 127. The number of rotatable bonds is 7. The molecule has 1 amide bonds. The van der Waals surface area contributed by atoms with Gasteiger partial charge in [0.05, 0.1) is 6.54 Å². The lowest BCUT2D eigenvalue weighted by molar-refractivity contribution is 0.0529. The van der Waals surface area contributed by atoms with Gasteiger partial charge in [0.1, 0.15) is 5.60 Å². The van der Waals surface area contributed by atoms with Gasteiger partial charge in [-0.2, -0.15) is 0 Å². The molecular formula is C17H31IN4O2S. The fourth-order valence-electron chi connectivity index (χ4n) is 1.94. The Morgan fingerprint density at radius 1 is 1.36 bits per heavy atom. The summed E-state index contributed by atoms with van der Waals surface area (Å²) >= 11 is 1.77. The number of hydrogen-bond acceptors (Lipinski definition) is 4. The number of carbonyl (C=O) groups is 1. The van der Waals surface area contributed by atoms with Gasteiger partial charge in [-0.15, -0.1) is 35.3 Å². The summed E-state index contributed by atoms with van der Waals surface area (Å²) < 4.78 is 5.20. The molecule has 0 aliphatic rings. The second-order valence-corrected chi connectivity index (χ2v) is 7.45. The second-order valence-electron chi connectivity index (χ2n) is 6.42. The third-order valence-electron chi connectivity index (χ3n) is 3.01. The molecule has 1 aromatic heterocycles. The van der Waals surface area contributed by atoms with Crippen LogP contribution in [0.3, 0.4) is 0 Å². The van der Waals surface area contributed by atoms with Gasteiger partial charge < -0.3 is 20.3 Å². The van der Waals surface area contributed by atoms with Crippen molar-refractivity contribution in [3.63, 3.8) is 0 Å². The van der Waals surface area contributed by atoms with E-state index in [1.54, 1.807) is 11.3 Å². The van der Waals surface area contributed by atoms with E-state index in [1.165, 1.54) is 4.88 Å². The zero-order valence-corrected chi connectivity index (χ0v) is 18.9. The van der Waals surface area contributed by atoms with Gasteiger partial charge >= 0.3 is 6.09 Å².